The number of hydrogen-bond acceptors (Lipinski definition) is 3. The van der Waals surface area contributed by atoms with Crippen LogP contribution in [0.25, 0.3) is 0 Å². The van der Waals surface area contributed by atoms with Crippen LogP contribution in [0, 0.1) is 12.8 Å². The first-order valence-corrected chi connectivity index (χ1v) is 6.99. The number of rotatable bonds is 5. The lowest BCUT2D eigenvalue weighted by Gasteiger charge is -2.34. The fraction of sp³-hybridized carbons (Fsp3) is 0.533. The Morgan fingerprint density at radius 2 is 2.21 bits per heavy atom. The summed E-state index contributed by atoms with van der Waals surface area (Å²) in [6.45, 7) is 6.21. The third kappa shape index (κ3) is 3.00. The van der Waals surface area contributed by atoms with E-state index in [1.807, 2.05) is 12.1 Å². The molecule has 3 N–H and O–H groups in total. The largest absolute Gasteiger partial charge is 0.409 e. The lowest BCUT2D eigenvalue weighted by molar-refractivity contribution is 0.317. The van der Waals surface area contributed by atoms with Gasteiger partial charge < -0.3 is 15.8 Å². The Morgan fingerprint density at radius 3 is 2.74 bits per heavy atom. The lowest BCUT2D eigenvalue weighted by atomic mass is 9.85. The highest BCUT2D eigenvalue weighted by Crippen LogP contribution is 2.30. The number of nitrogens with two attached hydrogens (primary N) is 1. The Balaban J connectivity index is 2.30. The number of nitrogens with zero attached hydrogens (tertiary/aromatic N) is 2. The number of hydrogen-bond donors (Lipinski definition) is 2. The Labute approximate surface area is 114 Å². The van der Waals surface area contributed by atoms with Crippen molar-refractivity contribution < 1.29 is 5.21 Å². The molecule has 4 heteroatoms. The highest BCUT2D eigenvalue weighted by atomic mass is 16.4. The molecule has 0 heterocycles. The van der Waals surface area contributed by atoms with Crippen LogP contribution in [0.15, 0.2) is 23.4 Å². The van der Waals surface area contributed by atoms with E-state index in [0.29, 0.717) is 0 Å². The van der Waals surface area contributed by atoms with Crippen molar-refractivity contribution in [2.45, 2.75) is 33.1 Å². The molecule has 2 rings (SSSR count). The highest BCUT2D eigenvalue weighted by molar-refractivity contribution is 6.02. The molecule has 0 radical (unpaired) electrons. The topological polar surface area (TPSA) is 61.8 Å². The van der Waals surface area contributed by atoms with Gasteiger partial charge in [0.05, 0.1) is 0 Å². The fourth-order valence-electron chi connectivity index (χ4n) is 2.56. The van der Waals surface area contributed by atoms with Crippen LogP contribution in [-0.2, 0) is 0 Å². The van der Waals surface area contributed by atoms with E-state index < -0.39 is 0 Å². The molecule has 1 aliphatic rings. The molecule has 0 atom stereocenters. The first kappa shape index (κ1) is 13.7. The predicted molar refractivity (Wildman–Crippen MR) is 78.9 cm³/mol. The summed E-state index contributed by atoms with van der Waals surface area (Å²) in [7, 11) is 0. The van der Waals surface area contributed by atoms with E-state index in [9.17, 15) is 0 Å². The summed E-state index contributed by atoms with van der Waals surface area (Å²) >= 11 is 0. The first-order chi connectivity index (χ1) is 9.15. The van der Waals surface area contributed by atoms with Crippen molar-refractivity contribution in [2.24, 2.45) is 16.8 Å². The van der Waals surface area contributed by atoms with Crippen molar-refractivity contribution in [3.63, 3.8) is 0 Å². The van der Waals surface area contributed by atoms with Gasteiger partial charge in [-0.25, -0.2) is 0 Å². The maximum atomic E-state index is 8.92. The van der Waals surface area contributed by atoms with Crippen LogP contribution in [0.1, 0.15) is 37.3 Å². The zero-order valence-corrected chi connectivity index (χ0v) is 11.8. The van der Waals surface area contributed by atoms with Gasteiger partial charge in [0.25, 0.3) is 0 Å². The minimum absolute atomic E-state index is 0.182. The van der Waals surface area contributed by atoms with Crippen molar-refractivity contribution in [3.8, 4) is 0 Å². The Hall–Kier alpha value is -1.71. The van der Waals surface area contributed by atoms with Crippen LogP contribution < -0.4 is 10.6 Å². The minimum Gasteiger partial charge on any atom is -0.409 e. The molecule has 1 aromatic carbocycles. The van der Waals surface area contributed by atoms with Gasteiger partial charge in [0.2, 0.25) is 0 Å². The summed E-state index contributed by atoms with van der Waals surface area (Å²) in [6, 6.07) is 6.05. The summed E-state index contributed by atoms with van der Waals surface area (Å²) in [5, 5.41) is 12.1. The predicted octanol–water partition coefficient (Wildman–Crippen LogP) is 2.72. The molecule has 4 nitrogen and oxygen atoms in total. The quantitative estimate of drug-likeness (QED) is 0.371. The third-order valence-corrected chi connectivity index (χ3v) is 3.96. The zero-order valence-electron chi connectivity index (χ0n) is 11.8. The lowest BCUT2D eigenvalue weighted by Crippen LogP contribution is -2.34. The van der Waals surface area contributed by atoms with E-state index in [4.69, 9.17) is 10.9 Å². The Morgan fingerprint density at radius 1 is 1.47 bits per heavy atom. The monoisotopic (exact) mass is 261 g/mol. The highest BCUT2D eigenvalue weighted by Gasteiger charge is 2.22. The normalized spacial score (nSPS) is 16.2. The molecule has 0 amide bonds. The number of benzene rings is 1. The van der Waals surface area contributed by atoms with Crippen molar-refractivity contribution in [2.75, 3.05) is 18.0 Å². The summed E-state index contributed by atoms with van der Waals surface area (Å²) in [6.07, 6.45) is 3.99. The standard InChI is InChI=1S/C15H23N3O/c1-3-18(10-12-5-4-6-12)14-9-11(2)7-8-13(14)15(16)17-19/h7-9,12,19H,3-6,10H2,1-2H3,(H2,16,17). The van der Waals surface area contributed by atoms with Crippen molar-refractivity contribution >= 4 is 11.5 Å². The van der Waals surface area contributed by atoms with Gasteiger partial charge in [-0.2, -0.15) is 0 Å². The van der Waals surface area contributed by atoms with Gasteiger partial charge in [0, 0.05) is 24.3 Å². The number of aryl methyl sites for hydroxylation is 1. The molecular weight excluding hydrogens is 238 g/mol. The first-order valence-electron chi connectivity index (χ1n) is 6.99. The van der Waals surface area contributed by atoms with Gasteiger partial charge in [-0.15, -0.1) is 0 Å². The van der Waals surface area contributed by atoms with Crippen molar-refractivity contribution in [3.05, 3.63) is 29.3 Å². The van der Waals surface area contributed by atoms with E-state index in [1.165, 1.54) is 24.8 Å². The Kier molecular flexibility index (Phi) is 4.30. The van der Waals surface area contributed by atoms with E-state index in [2.05, 4.69) is 30.0 Å². The van der Waals surface area contributed by atoms with Gasteiger partial charge in [-0.1, -0.05) is 17.6 Å². The molecule has 0 bridgehead atoms. The minimum atomic E-state index is 0.182. The van der Waals surface area contributed by atoms with E-state index in [0.717, 1.165) is 30.3 Å². The summed E-state index contributed by atoms with van der Waals surface area (Å²) in [5.41, 5.74) is 8.87. The fourth-order valence-corrected chi connectivity index (χ4v) is 2.56. The van der Waals surface area contributed by atoms with Crippen molar-refractivity contribution in [1.82, 2.24) is 0 Å². The van der Waals surface area contributed by atoms with Gasteiger partial charge in [-0.3, -0.25) is 0 Å². The second-order valence-corrected chi connectivity index (χ2v) is 5.34. The average molecular weight is 261 g/mol. The molecule has 1 aromatic rings. The van der Waals surface area contributed by atoms with E-state index >= 15 is 0 Å². The van der Waals surface area contributed by atoms with E-state index in [1.54, 1.807) is 0 Å². The zero-order chi connectivity index (χ0) is 13.8. The van der Waals surface area contributed by atoms with Crippen LogP contribution in [0.5, 0.6) is 0 Å². The van der Waals surface area contributed by atoms with E-state index in [-0.39, 0.29) is 5.84 Å². The van der Waals surface area contributed by atoms with Crippen LogP contribution in [0.4, 0.5) is 5.69 Å². The third-order valence-electron chi connectivity index (χ3n) is 3.96. The smallest absolute Gasteiger partial charge is 0.172 e. The van der Waals surface area contributed by atoms with Crippen molar-refractivity contribution in [1.29, 1.82) is 0 Å². The number of amidine groups is 1. The molecule has 19 heavy (non-hydrogen) atoms. The van der Waals surface area contributed by atoms with Crippen LogP contribution in [0.2, 0.25) is 0 Å². The van der Waals surface area contributed by atoms with Gasteiger partial charge in [0.15, 0.2) is 5.84 Å². The molecule has 0 aromatic heterocycles. The number of oxime groups is 1. The molecular formula is C15H23N3O. The maximum Gasteiger partial charge on any atom is 0.172 e. The van der Waals surface area contributed by atoms with Crippen LogP contribution in [0.3, 0.4) is 0 Å². The van der Waals surface area contributed by atoms with Gasteiger partial charge in [0.1, 0.15) is 0 Å². The van der Waals surface area contributed by atoms with Gasteiger partial charge in [-0.05, 0) is 50.3 Å². The Bertz CT molecular complexity index is 466. The molecule has 1 aliphatic carbocycles. The van der Waals surface area contributed by atoms with Crippen LogP contribution in [-0.4, -0.2) is 24.1 Å². The van der Waals surface area contributed by atoms with Gasteiger partial charge >= 0.3 is 0 Å². The molecule has 1 fully saturated rings. The van der Waals surface area contributed by atoms with Crippen LogP contribution >= 0.6 is 0 Å². The second kappa shape index (κ2) is 5.95. The SMILES string of the molecule is CCN(CC1CCC1)c1cc(C)ccc1/C(N)=N/O. The molecule has 0 unspecified atom stereocenters. The second-order valence-electron chi connectivity index (χ2n) is 5.34. The summed E-state index contributed by atoms with van der Waals surface area (Å²) in [4.78, 5) is 2.34. The maximum absolute atomic E-state index is 8.92. The molecule has 104 valence electrons. The summed E-state index contributed by atoms with van der Waals surface area (Å²) < 4.78 is 0. The molecule has 0 aliphatic heterocycles. The molecule has 0 saturated heterocycles. The molecule has 0 spiro atoms. The summed E-state index contributed by atoms with van der Waals surface area (Å²) in [5.74, 6) is 0.975. The number of anilines is 1. The average Bonchev–Trinajstić information content (AvgIpc) is 2.37. The molecule has 1 saturated carbocycles.